The second-order valence-corrected chi connectivity index (χ2v) is 6.64. The maximum absolute atomic E-state index is 13.0. The van der Waals surface area contributed by atoms with Crippen molar-refractivity contribution in [3.05, 3.63) is 92.4 Å². The van der Waals surface area contributed by atoms with Crippen LogP contribution < -0.4 is 10.7 Å². The molecular formula is C20H15ClF3N3O2. The fourth-order valence-electron chi connectivity index (χ4n) is 2.68. The lowest BCUT2D eigenvalue weighted by molar-refractivity contribution is -0.137. The van der Waals surface area contributed by atoms with Gasteiger partial charge in [0.1, 0.15) is 0 Å². The third-order valence-electron chi connectivity index (χ3n) is 4.14. The summed E-state index contributed by atoms with van der Waals surface area (Å²) in [5, 5.41) is 6.99. The summed E-state index contributed by atoms with van der Waals surface area (Å²) >= 11 is 6.04. The summed E-state index contributed by atoms with van der Waals surface area (Å²) in [5.74, 6) is -0.754. The van der Waals surface area contributed by atoms with Gasteiger partial charge in [0.25, 0.3) is 5.91 Å². The van der Waals surface area contributed by atoms with Crippen LogP contribution in [0.2, 0.25) is 5.02 Å². The Kier molecular flexibility index (Phi) is 5.74. The van der Waals surface area contributed by atoms with Gasteiger partial charge < -0.3 is 5.32 Å². The zero-order valence-corrected chi connectivity index (χ0v) is 15.9. The summed E-state index contributed by atoms with van der Waals surface area (Å²) in [5.41, 5.74) is -0.913. The molecule has 5 nitrogen and oxygen atoms in total. The number of halogens is 4. The Morgan fingerprint density at radius 2 is 1.86 bits per heavy atom. The molecule has 0 bridgehead atoms. The minimum Gasteiger partial charge on any atom is -0.346 e. The van der Waals surface area contributed by atoms with Crippen molar-refractivity contribution in [3.8, 4) is 5.69 Å². The van der Waals surface area contributed by atoms with E-state index in [0.29, 0.717) is 10.6 Å². The maximum Gasteiger partial charge on any atom is 0.416 e. The van der Waals surface area contributed by atoms with Gasteiger partial charge in [0.05, 0.1) is 11.3 Å². The van der Waals surface area contributed by atoms with Crippen LogP contribution in [0.3, 0.4) is 0 Å². The van der Waals surface area contributed by atoms with Crippen molar-refractivity contribution in [2.24, 2.45) is 0 Å². The van der Waals surface area contributed by atoms with Crippen molar-refractivity contribution in [1.29, 1.82) is 0 Å². The van der Waals surface area contributed by atoms with Crippen LogP contribution in [-0.4, -0.2) is 15.7 Å². The smallest absolute Gasteiger partial charge is 0.346 e. The molecule has 0 aliphatic carbocycles. The Morgan fingerprint density at radius 1 is 1.14 bits per heavy atom. The van der Waals surface area contributed by atoms with Crippen molar-refractivity contribution in [3.63, 3.8) is 0 Å². The van der Waals surface area contributed by atoms with Gasteiger partial charge in [-0.1, -0.05) is 35.9 Å². The average Bonchev–Trinajstić information content (AvgIpc) is 2.66. The Labute approximate surface area is 168 Å². The Bertz CT molecular complexity index is 1130. The van der Waals surface area contributed by atoms with E-state index in [1.54, 1.807) is 24.3 Å². The topological polar surface area (TPSA) is 64.0 Å². The molecular weight excluding hydrogens is 407 g/mol. The molecule has 0 saturated heterocycles. The van der Waals surface area contributed by atoms with Crippen molar-refractivity contribution >= 4 is 17.5 Å². The second kappa shape index (κ2) is 8.08. The van der Waals surface area contributed by atoms with Crippen LogP contribution in [0.15, 0.2) is 59.4 Å². The molecule has 2 aromatic carbocycles. The summed E-state index contributed by atoms with van der Waals surface area (Å²) < 4.78 is 40.1. The monoisotopic (exact) mass is 421 g/mol. The van der Waals surface area contributed by atoms with Gasteiger partial charge in [0, 0.05) is 23.3 Å². The SMILES string of the molecule is Cc1cc(=O)c(C(=O)NCc2ccccc2Cl)nn1-c1cccc(C(F)(F)F)c1. The van der Waals surface area contributed by atoms with E-state index in [4.69, 9.17) is 11.6 Å². The zero-order chi connectivity index (χ0) is 21.2. The Morgan fingerprint density at radius 3 is 2.55 bits per heavy atom. The molecule has 0 saturated carbocycles. The van der Waals surface area contributed by atoms with Crippen LogP contribution in [0.25, 0.3) is 5.69 Å². The Balaban J connectivity index is 1.93. The number of benzene rings is 2. The molecule has 3 aromatic rings. The van der Waals surface area contributed by atoms with E-state index in [2.05, 4.69) is 10.4 Å². The molecule has 0 atom stereocenters. The van der Waals surface area contributed by atoms with E-state index in [1.165, 1.54) is 19.1 Å². The summed E-state index contributed by atoms with van der Waals surface area (Å²) in [6.45, 7) is 1.58. The molecule has 150 valence electrons. The van der Waals surface area contributed by atoms with E-state index in [-0.39, 0.29) is 17.9 Å². The first-order chi connectivity index (χ1) is 13.7. The van der Waals surface area contributed by atoms with Crippen LogP contribution in [0.5, 0.6) is 0 Å². The highest BCUT2D eigenvalue weighted by Crippen LogP contribution is 2.30. The number of aromatic nitrogens is 2. The lowest BCUT2D eigenvalue weighted by Gasteiger charge is -2.13. The van der Waals surface area contributed by atoms with Crippen molar-refractivity contribution in [2.75, 3.05) is 0 Å². The van der Waals surface area contributed by atoms with E-state index < -0.39 is 28.8 Å². The molecule has 0 unspecified atom stereocenters. The summed E-state index contributed by atoms with van der Waals surface area (Å²) in [7, 11) is 0. The first-order valence-corrected chi connectivity index (χ1v) is 8.85. The summed E-state index contributed by atoms with van der Waals surface area (Å²) in [4.78, 5) is 24.7. The number of carbonyl (C=O) groups is 1. The Hall–Kier alpha value is -3.13. The first kappa shape index (κ1) is 20.6. The van der Waals surface area contributed by atoms with Gasteiger partial charge in [0.15, 0.2) is 5.69 Å². The molecule has 1 amide bonds. The van der Waals surface area contributed by atoms with Gasteiger partial charge in [-0.15, -0.1) is 0 Å². The lowest BCUT2D eigenvalue weighted by atomic mass is 10.2. The highest BCUT2D eigenvalue weighted by atomic mass is 35.5. The molecule has 9 heteroatoms. The van der Waals surface area contributed by atoms with Crippen LogP contribution in [0, 0.1) is 6.92 Å². The number of alkyl halides is 3. The number of hydrogen-bond donors (Lipinski definition) is 1. The average molecular weight is 422 g/mol. The van der Waals surface area contributed by atoms with Crippen molar-refractivity contribution in [1.82, 2.24) is 15.1 Å². The van der Waals surface area contributed by atoms with Crippen molar-refractivity contribution in [2.45, 2.75) is 19.6 Å². The first-order valence-electron chi connectivity index (χ1n) is 8.47. The number of hydrogen-bond acceptors (Lipinski definition) is 3. The van der Waals surface area contributed by atoms with Crippen LogP contribution in [0.4, 0.5) is 13.2 Å². The van der Waals surface area contributed by atoms with Crippen LogP contribution in [0.1, 0.15) is 27.3 Å². The maximum atomic E-state index is 13.0. The number of nitrogens with zero attached hydrogens (tertiary/aromatic N) is 2. The highest BCUT2D eigenvalue weighted by molar-refractivity contribution is 6.31. The molecule has 0 aliphatic rings. The van der Waals surface area contributed by atoms with Crippen molar-refractivity contribution < 1.29 is 18.0 Å². The lowest BCUT2D eigenvalue weighted by Crippen LogP contribution is -2.31. The minimum atomic E-state index is -4.53. The predicted octanol–water partition coefficient (Wildman–Crippen LogP) is 4.14. The number of nitrogens with one attached hydrogen (secondary N) is 1. The quantitative estimate of drug-likeness (QED) is 0.688. The molecule has 1 N–H and O–H groups in total. The molecule has 0 fully saturated rings. The standard InChI is InChI=1S/C20H15ClF3N3O2/c1-12-9-17(28)18(19(29)25-11-13-5-2-3-8-16(13)21)26-27(12)15-7-4-6-14(10-15)20(22,23)24/h2-10H,11H2,1H3,(H,25,29). The third kappa shape index (κ3) is 4.65. The minimum absolute atomic E-state index is 0.0665. The number of aryl methyl sites for hydroxylation is 1. The van der Waals surface area contributed by atoms with E-state index in [1.807, 2.05) is 0 Å². The fourth-order valence-corrected chi connectivity index (χ4v) is 2.88. The van der Waals surface area contributed by atoms with Gasteiger partial charge in [-0.05, 0) is 36.8 Å². The normalized spacial score (nSPS) is 11.3. The highest BCUT2D eigenvalue weighted by Gasteiger charge is 2.30. The van der Waals surface area contributed by atoms with E-state index >= 15 is 0 Å². The molecule has 3 rings (SSSR count). The molecule has 1 aromatic heterocycles. The number of carbonyl (C=O) groups excluding carboxylic acids is 1. The van der Waals surface area contributed by atoms with Gasteiger partial charge in [-0.2, -0.15) is 18.3 Å². The molecule has 1 heterocycles. The van der Waals surface area contributed by atoms with Gasteiger partial charge in [-0.3, -0.25) is 9.59 Å². The van der Waals surface area contributed by atoms with Crippen LogP contribution in [-0.2, 0) is 12.7 Å². The van der Waals surface area contributed by atoms with Gasteiger partial charge >= 0.3 is 6.18 Å². The number of amides is 1. The van der Waals surface area contributed by atoms with Gasteiger partial charge in [0.2, 0.25) is 5.43 Å². The zero-order valence-electron chi connectivity index (χ0n) is 15.1. The largest absolute Gasteiger partial charge is 0.416 e. The molecule has 0 aliphatic heterocycles. The second-order valence-electron chi connectivity index (χ2n) is 6.23. The third-order valence-corrected chi connectivity index (χ3v) is 4.51. The molecule has 29 heavy (non-hydrogen) atoms. The summed E-state index contributed by atoms with van der Waals surface area (Å²) in [6, 6.07) is 12.5. The van der Waals surface area contributed by atoms with Gasteiger partial charge in [-0.25, -0.2) is 4.68 Å². The molecule has 0 spiro atoms. The number of rotatable bonds is 4. The fraction of sp³-hybridized carbons (Fsp3) is 0.150. The van der Waals surface area contributed by atoms with Crippen LogP contribution >= 0.6 is 11.6 Å². The van der Waals surface area contributed by atoms with E-state index in [9.17, 15) is 22.8 Å². The summed E-state index contributed by atoms with van der Waals surface area (Å²) in [6.07, 6.45) is -4.53. The predicted molar refractivity (Wildman–Crippen MR) is 102 cm³/mol. The van der Waals surface area contributed by atoms with E-state index in [0.717, 1.165) is 22.9 Å². The molecule has 0 radical (unpaired) electrons.